The highest BCUT2D eigenvalue weighted by atomic mass is 35.5. The molecule has 0 heterocycles. The molecule has 1 fully saturated rings. The quantitative estimate of drug-likeness (QED) is 0.469. The smallest absolute Gasteiger partial charge is 0.226 e. The number of fused-ring (bicyclic) bond motifs is 2. The minimum atomic E-state index is -0.573. The second kappa shape index (κ2) is 4.25. The largest absolute Gasteiger partial charge is 0.264 e. The minimum Gasteiger partial charge on any atom is -0.264 e. The molecule has 0 saturated heterocycles. The number of allylic oxidation sites excluding steroid dienone is 1. The van der Waals surface area contributed by atoms with E-state index in [4.69, 9.17) is 23.2 Å². The number of hydrogen-bond donors (Lipinski definition) is 0. The van der Waals surface area contributed by atoms with E-state index in [0.29, 0.717) is 10.0 Å². The fourth-order valence-electron chi connectivity index (χ4n) is 3.28. The Kier molecular flexibility index (Phi) is 2.83. The van der Waals surface area contributed by atoms with Crippen LogP contribution < -0.4 is 0 Å². The van der Waals surface area contributed by atoms with Crippen molar-refractivity contribution in [1.82, 2.24) is 0 Å². The fraction of sp³-hybridized carbons (Fsp3) is 0.385. The number of halogens is 2. The third-order valence-electron chi connectivity index (χ3n) is 4.00. The van der Waals surface area contributed by atoms with Gasteiger partial charge >= 0.3 is 0 Å². The zero-order valence-corrected chi connectivity index (χ0v) is 10.9. The first-order chi connectivity index (χ1) is 8.59. The molecule has 3 nitrogen and oxygen atoms in total. The molecule has 4 atom stereocenters. The lowest BCUT2D eigenvalue weighted by Gasteiger charge is -2.23. The summed E-state index contributed by atoms with van der Waals surface area (Å²) >= 11 is 12.2. The number of nitro groups is 1. The van der Waals surface area contributed by atoms with E-state index < -0.39 is 6.04 Å². The molecule has 2 aliphatic rings. The number of nitrogens with zero attached hydrogens (tertiary/aromatic N) is 1. The summed E-state index contributed by atoms with van der Waals surface area (Å²) in [5, 5.41) is 12.2. The lowest BCUT2D eigenvalue weighted by Crippen LogP contribution is -2.31. The molecule has 1 saturated carbocycles. The molecule has 5 heteroatoms. The average molecular weight is 284 g/mol. The molecule has 0 N–H and O–H groups in total. The first kappa shape index (κ1) is 12.0. The van der Waals surface area contributed by atoms with E-state index in [0.717, 1.165) is 12.0 Å². The van der Waals surface area contributed by atoms with Crippen LogP contribution in [0.25, 0.3) is 0 Å². The second-order valence-electron chi connectivity index (χ2n) is 4.89. The summed E-state index contributed by atoms with van der Waals surface area (Å²) in [6, 6.07) is 4.79. The van der Waals surface area contributed by atoms with Crippen LogP contribution in [0, 0.1) is 22.0 Å². The highest BCUT2D eigenvalue weighted by Gasteiger charge is 2.53. The first-order valence-corrected chi connectivity index (χ1v) is 6.61. The Hall–Kier alpha value is -1.06. The predicted molar refractivity (Wildman–Crippen MR) is 70.7 cm³/mol. The van der Waals surface area contributed by atoms with E-state index in [9.17, 15) is 10.1 Å². The Morgan fingerprint density at radius 2 is 1.94 bits per heavy atom. The third kappa shape index (κ3) is 1.65. The molecule has 2 unspecified atom stereocenters. The van der Waals surface area contributed by atoms with Crippen LogP contribution in [0.15, 0.2) is 30.4 Å². The Morgan fingerprint density at radius 1 is 1.22 bits per heavy atom. The predicted octanol–water partition coefficient (Wildman–Crippen LogP) is 3.93. The van der Waals surface area contributed by atoms with Gasteiger partial charge in [0, 0.05) is 10.8 Å². The van der Waals surface area contributed by atoms with Gasteiger partial charge in [0.15, 0.2) is 0 Å². The van der Waals surface area contributed by atoms with Crippen molar-refractivity contribution >= 4 is 23.2 Å². The van der Waals surface area contributed by atoms with Gasteiger partial charge in [-0.25, -0.2) is 0 Å². The summed E-state index contributed by atoms with van der Waals surface area (Å²) in [5.74, 6) is 0.0904. The van der Waals surface area contributed by atoms with Crippen LogP contribution in [0.3, 0.4) is 0 Å². The van der Waals surface area contributed by atoms with E-state index in [2.05, 4.69) is 6.08 Å². The highest BCUT2D eigenvalue weighted by Crippen LogP contribution is 2.52. The van der Waals surface area contributed by atoms with Gasteiger partial charge in [-0.2, -0.15) is 0 Å². The van der Waals surface area contributed by atoms with Gasteiger partial charge in [0.05, 0.1) is 16.0 Å². The van der Waals surface area contributed by atoms with Crippen molar-refractivity contribution in [2.24, 2.45) is 11.8 Å². The lowest BCUT2D eigenvalue weighted by molar-refractivity contribution is -0.530. The van der Waals surface area contributed by atoms with E-state index >= 15 is 0 Å². The van der Waals surface area contributed by atoms with Crippen LogP contribution >= 0.6 is 23.2 Å². The highest BCUT2D eigenvalue weighted by molar-refractivity contribution is 6.42. The standard InChI is InChI=1S/C13H11Cl2NO2/c14-10-3-1-2-9(12(10)15)11-7-4-5-8(6-7)13(11)16(17)18/h1-5,7-8,11,13H,6H2/t7?,8?,11-,13+/m1/s1. The van der Waals surface area contributed by atoms with Crippen LogP contribution in [0.2, 0.25) is 10.0 Å². The Labute approximate surface area is 115 Å². The Bertz CT molecular complexity index is 544. The van der Waals surface area contributed by atoms with Gasteiger partial charge in [-0.05, 0) is 24.0 Å². The Morgan fingerprint density at radius 3 is 2.67 bits per heavy atom. The van der Waals surface area contributed by atoms with Crippen molar-refractivity contribution < 1.29 is 4.92 Å². The van der Waals surface area contributed by atoms with Gasteiger partial charge in [-0.1, -0.05) is 47.5 Å². The van der Waals surface area contributed by atoms with Crippen LogP contribution in [0.4, 0.5) is 0 Å². The van der Waals surface area contributed by atoms with Gasteiger partial charge in [0.25, 0.3) is 0 Å². The summed E-state index contributed by atoms with van der Waals surface area (Å²) < 4.78 is 0. The van der Waals surface area contributed by atoms with Crippen molar-refractivity contribution in [2.45, 2.75) is 18.4 Å². The third-order valence-corrected chi connectivity index (χ3v) is 4.84. The zero-order valence-electron chi connectivity index (χ0n) is 9.42. The first-order valence-electron chi connectivity index (χ1n) is 5.85. The van der Waals surface area contributed by atoms with E-state index in [1.54, 1.807) is 12.1 Å². The average Bonchev–Trinajstić information content (AvgIpc) is 2.92. The van der Waals surface area contributed by atoms with E-state index in [1.165, 1.54) is 0 Å². The molecule has 1 aromatic rings. The SMILES string of the molecule is O=[N+]([O-])[C@H]1C2C=CC(C2)[C@@H]1c1cccc(Cl)c1Cl. The van der Waals surface area contributed by atoms with Crippen LogP contribution in [-0.2, 0) is 0 Å². The molecular formula is C13H11Cl2NO2. The van der Waals surface area contributed by atoms with Crippen LogP contribution in [0.5, 0.6) is 0 Å². The second-order valence-corrected chi connectivity index (χ2v) is 5.68. The molecule has 3 rings (SSSR count). The van der Waals surface area contributed by atoms with Gasteiger partial charge < -0.3 is 0 Å². The monoisotopic (exact) mass is 283 g/mol. The summed E-state index contributed by atoms with van der Waals surface area (Å²) in [6.45, 7) is 0. The lowest BCUT2D eigenvalue weighted by atomic mass is 9.83. The number of rotatable bonds is 2. The minimum absolute atomic E-state index is 0.0325. The number of benzene rings is 1. The molecular weight excluding hydrogens is 273 g/mol. The van der Waals surface area contributed by atoms with Crippen molar-refractivity contribution in [1.29, 1.82) is 0 Å². The summed E-state index contributed by atoms with van der Waals surface area (Å²) in [5.41, 5.74) is 0.808. The number of hydrogen-bond acceptors (Lipinski definition) is 2. The van der Waals surface area contributed by atoms with Gasteiger partial charge in [-0.15, -0.1) is 0 Å². The van der Waals surface area contributed by atoms with Crippen molar-refractivity contribution in [3.63, 3.8) is 0 Å². The molecule has 0 aliphatic heterocycles. The molecule has 2 aliphatic carbocycles. The van der Waals surface area contributed by atoms with Crippen molar-refractivity contribution in [3.8, 4) is 0 Å². The van der Waals surface area contributed by atoms with Gasteiger partial charge in [0.1, 0.15) is 0 Å². The van der Waals surface area contributed by atoms with Gasteiger partial charge in [0.2, 0.25) is 6.04 Å². The summed E-state index contributed by atoms with van der Waals surface area (Å²) in [7, 11) is 0. The van der Waals surface area contributed by atoms with Crippen molar-refractivity contribution in [3.05, 3.63) is 56.1 Å². The molecule has 94 valence electrons. The molecule has 0 aromatic heterocycles. The maximum atomic E-state index is 11.3. The summed E-state index contributed by atoms with van der Waals surface area (Å²) in [4.78, 5) is 11.1. The topological polar surface area (TPSA) is 43.1 Å². The normalized spacial score (nSPS) is 33.0. The molecule has 0 amide bonds. The summed E-state index contributed by atoms with van der Waals surface area (Å²) in [6.07, 6.45) is 4.89. The van der Waals surface area contributed by atoms with Gasteiger partial charge in [-0.3, -0.25) is 10.1 Å². The van der Waals surface area contributed by atoms with E-state index in [-0.39, 0.29) is 22.7 Å². The Balaban J connectivity index is 2.08. The molecule has 18 heavy (non-hydrogen) atoms. The maximum absolute atomic E-state index is 11.3. The maximum Gasteiger partial charge on any atom is 0.226 e. The molecule has 0 radical (unpaired) electrons. The van der Waals surface area contributed by atoms with Crippen molar-refractivity contribution in [2.75, 3.05) is 0 Å². The molecule has 1 aromatic carbocycles. The van der Waals surface area contributed by atoms with Crippen LogP contribution in [0.1, 0.15) is 17.9 Å². The molecule has 2 bridgehead atoms. The fourth-order valence-corrected chi connectivity index (χ4v) is 3.71. The zero-order chi connectivity index (χ0) is 12.9. The molecule has 0 spiro atoms. The van der Waals surface area contributed by atoms with E-state index in [1.807, 2.05) is 12.1 Å². The van der Waals surface area contributed by atoms with Crippen LogP contribution in [-0.4, -0.2) is 11.0 Å².